The molecule has 15 heavy (non-hydrogen) atoms. The smallest absolute Gasteiger partial charge is 0.223 e. The lowest BCUT2D eigenvalue weighted by atomic mass is 10.3. The molecule has 0 saturated heterocycles. The molecule has 0 aliphatic carbocycles. The number of ether oxygens (including phenoxy) is 1. The van der Waals surface area contributed by atoms with Crippen molar-refractivity contribution in [1.82, 2.24) is 9.97 Å². The van der Waals surface area contributed by atoms with Gasteiger partial charge in [-0.2, -0.15) is 0 Å². The van der Waals surface area contributed by atoms with Gasteiger partial charge in [-0.05, 0) is 19.9 Å². The first kappa shape index (κ1) is 11.9. The van der Waals surface area contributed by atoms with Gasteiger partial charge in [-0.1, -0.05) is 0 Å². The van der Waals surface area contributed by atoms with Gasteiger partial charge in [-0.3, -0.25) is 0 Å². The highest BCUT2D eigenvalue weighted by atomic mass is 16.5. The molecule has 0 radical (unpaired) electrons. The van der Waals surface area contributed by atoms with Crippen LogP contribution in [0.3, 0.4) is 0 Å². The van der Waals surface area contributed by atoms with Gasteiger partial charge in [0.1, 0.15) is 0 Å². The van der Waals surface area contributed by atoms with Crippen LogP contribution in [-0.4, -0.2) is 41.4 Å². The van der Waals surface area contributed by atoms with Crippen molar-refractivity contribution in [2.45, 2.75) is 19.9 Å². The molecule has 2 N–H and O–H groups in total. The van der Waals surface area contributed by atoms with E-state index in [1.54, 1.807) is 7.11 Å². The number of aliphatic hydroxyl groups excluding tert-OH is 1. The molecule has 1 heterocycles. The molecule has 5 nitrogen and oxygen atoms in total. The van der Waals surface area contributed by atoms with Gasteiger partial charge in [0.2, 0.25) is 5.95 Å². The third-order valence-electron chi connectivity index (χ3n) is 1.90. The largest absolute Gasteiger partial charge is 0.394 e. The Morgan fingerprint density at radius 2 is 2.00 bits per heavy atom. The van der Waals surface area contributed by atoms with Crippen LogP contribution in [0.2, 0.25) is 0 Å². The fraction of sp³-hybridized carbons (Fsp3) is 0.600. The van der Waals surface area contributed by atoms with E-state index in [1.807, 2.05) is 19.9 Å². The highest BCUT2D eigenvalue weighted by molar-refractivity contribution is 5.29. The van der Waals surface area contributed by atoms with Gasteiger partial charge in [-0.25, -0.2) is 9.97 Å². The predicted molar refractivity (Wildman–Crippen MR) is 57.9 cm³/mol. The highest BCUT2D eigenvalue weighted by Crippen LogP contribution is 2.05. The minimum atomic E-state index is -0.170. The molecule has 5 heteroatoms. The molecular weight excluding hydrogens is 194 g/mol. The molecule has 0 saturated carbocycles. The molecule has 0 aromatic carbocycles. The summed E-state index contributed by atoms with van der Waals surface area (Å²) in [6.07, 6.45) is 0. The summed E-state index contributed by atoms with van der Waals surface area (Å²) in [7, 11) is 1.59. The minimum Gasteiger partial charge on any atom is -0.394 e. The summed E-state index contributed by atoms with van der Waals surface area (Å²) in [5, 5.41) is 12.1. The Balaban J connectivity index is 2.69. The molecule has 0 aliphatic heterocycles. The minimum absolute atomic E-state index is 0.00973. The molecule has 0 fully saturated rings. The van der Waals surface area contributed by atoms with Gasteiger partial charge in [0.15, 0.2) is 0 Å². The number of aromatic nitrogens is 2. The molecule has 0 bridgehead atoms. The molecule has 1 rings (SSSR count). The number of hydrogen-bond acceptors (Lipinski definition) is 5. The zero-order chi connectivity index (χ0) is 11.3. The fourth-order valence-corrected chi connectivity index (χ4v) is 1.31. The topological polar surface area (TPSA) is 67.3 Å². The van der Waals surface area contributed by atoms with Crippen molar-refractivity contribution in [2.75, 3.05) is 25.6 Å². The van der Waals surface area contributed by atoms with Crippen molar-refractivity contribution in [2.24, 2.45) is 0 Å². The van der Waals surface area contributed by atoms with Crippen LogP contribution in [0.4, 0.5) is 5.95 Å². The van der Waals surface area contributed by atoms with E-state index < -0.39 is 0 Å². The lowest BCUT2D eigenvalue weighted by Gasteiger charge is -2.15. The monoisotopic (exact) mass is 211 g/mol. The first-order valence-corrected chi connectivity index (χ1v) is 4.84. The second-order valence-electron chi connectivity index (χ2n) is 3.45. The average Bonchev–Trinajstić information content (AvgIpc) is 2.15. The van der Waals surface area contributed by atoms with Gasteiger partial charge in [0.25, 0.3) is 0 Å². The van der Waals surface area contributed by atoms with Crippen molar-refractivity contribution in [3.8, 4) is 0 Å². The van der Waals surface area contributed by atoms with E-state index in [-0.39, 0.29) is 12.6 Å². The number of hydrogen-bond donors (Lipinski definition) is 2. The maximum atomic E-state index is 9.06. The predicted octanol–water partition coefficient (Wildman–Crippen LogP) is 0.513. The maximum absolute atomic E-state index is 9.06. The Morgan fingerprint density at radius 3 is 2.47 bits per heavy atom. The molecule has 0 amide bonds. The van der Waals surface area contributed by atoms with Gasteiger partial charge >= 0.3 is 0 Å². The van der Waals surface area contributed by atoms with E-state index in [0.717, 1.165) is 11.4 Å². The Bertz CT molecular complexity index is 297. The number of rotatable bonds is 5. The van der Waals surface area contributed by atoms with Crippen LogP contribution >= 0.6 is 0 Å². The summed E-state index contributed by atoms with van der Waals surface area (Å²) in [6, 6.07) is 1.73. The Morgan fingerprint density at radius 1 is 1.40 bits per heavy atom. The Kier molecular flexibility index (Phi) is 4.45. The standard InChI is InChI=1S/C10H17N3O2/c1-7-4-8(2)12-10(11-7)13-9(5-14)6-15-3/h4,9,14H,5-6H2,1-3H3,(H,11,12,13). The van der Waals surface area contributed by atoms with Crippen molar-refractivity contribution in [1.29, 1.82) is 0 Å². The quantitative estimate of drug-likeness (QED) is 0.743. The molecule has 0 spiro atoms. The van der Waals surface area contributed by atoms with Gasteiger partial charge < -0.3 is 15.2 Å². The van der Waals surface area contributed by atoms with E-state index in [2.05, 4.69) is 15.3 Å². The van der Waals surface area contributed by atoms with Gasteiger partial charge in [0, 0.05) is 18.5 Å². The maximum Gasteiger partial charge on any atom is 0.223 e. The van der Waals surface area contributed by atoms with E-state index in [9.17, 15) is 0 Å². The van der Waals surface area contributed by atoms with Crippen molar-refractivity contribution in [3.05, 3.63) is 17.5 Å². The average molecular weight is 211 g/mol. The number of aryl methyl sites for hydroxylation is 2. The van der Waals surface area contributed by atoms with E-state index in [0.29, 0.717) is 12.6 Å². The van der Waals surface area contributed by atoms with Crippen LogP contribution in [-0.2, 0) is 4.74 Å². The zero-order valence-electron chi connectivity index (χ0n) is 9.32. The van der Waals surface area contributed by atoms with Crippen LogP contribution in [0.1, 0.15) is 11.4 Å². The third-order valence-corrected chi connectivity index (χ3v) is 1.90. The first-order chi connectivity index (χ1) is 7.15. The summed E-state index contributed by atoms with van der Waals surface area (Å²) in [6.45, 7) is 4.23. The summed E-state index contributed by atoms with van der Waals surface area (Å²) in [5.41, 5.74) is 1.80. The molecule has 1 atom stereocenters. The summed E-state index contributed by atoms with van der Waals surface area (Å²) < 4.78 is 4.95. The van der Waals surface area contributed by atoms with Gasteiger partial charge in [-0.15, -0.1) is 0 Å². The van der Waals surface area contributed by atoms with Crippen LogP contribution in [0.5, 0.6) is 0 Å². The summed E-state index contributed by atoms with van der Waals surface area (Å²) in [4.78, 5) is 8.43. The van der Waals surface area contributed by atoms with Crippen molar-refractivity contribution < 1.29 is 9.84 Å². The Hall–Kier alpha value is -1.20. The number of aliphatic hydroxyl groups is 1. The van der Waals surface area contributed by atoms with Crippen molar-refractivity contribution >= 4 is 5.95 Å². The van der Waals surface area contributed by atoms with E-state index >= 15 is 0 Å². The second-order valence-corrected chi connectivity index (χ2v) is 3.45. The number of nitrogens with zero attached hydrogens (tertiary/aromatic N) is 2. The molecule has 1 aromatic rings. The van der Waals surface area contributed by atoms with Crippen molar-refractivity contribution in [3.63, 3.8) is 0 Å². The fourth-order valence-electron chi connectivity index (χ4n) is 1.31. The van der Waals surface area contributed by atoms with Crippen LogP contribution < -0.4 is 5.32 Å². The zero-order valence-corrected chi connectivity index (χ0v) is 9.32. The lowest BCUT2D eigenvalue weighted by molar-refractivity contribution is 0.153. The second kappa shape index (κ2) is 5.63. The lowest BCUT2D eigenvalue weighted by Crippen LogP contribution is -2.29. The molecular formula is C10H17N3O2. The normalized spacial score (nSPS) is 12.5. The number of nitrogens with one attached hydrogen (secondary N) is 1. The molecule has 0 aliphatic rings. The van der Waals surface area contributed by atoms with Crippen LogP contribution in [0.15, 0.2) is 6.07 Å². The molecule has 1 unspecified atom stereocenters. The van der Waals surface area contributed by atoms with Crippen LogP contribution in [0, 0.1) is 13.8 Å². The van der Waals surface area contributed by atoms with Gasteiger partial charge in [0.05, 0.1) is 19.3 Å². The number of anilines is 1. The number of methoxy groups -OCH3 is 1. The molecule has 84 valence electrons. The molecule has 1 aromatic heterocycles. The highest BCUT2D eigenvalue weighted by Gasteiger charge is 2.08. The Labute approximate surface area is 89.5 Å². The van der Waals surface area contributed by atoms with E-state index in [1.165, 1.54) is 0 Å². The van der Waals surface area contributed by atoms with Crippen LogP contribution in [0.25, 0.3) is 0 Å². The summed E-state index contributed by atoms with van der Waals surface area (Å²) >= 11 is 0. The third kappa shape index (κ3) is 3.81. The SMILES string of the molecule is COCC(CO)Nc1nc(C)cc(C)n1. The first-order valence-electron chi connectivity index (χ1n) is 4.84. The van der Waals surface area contributed by atoms with E-state index in [4.69, 9.17) is 9.84 Å². The summed E-state index contributed by atoms with van der Waals surface area (Å²) in [5.74, 6) is 0.531.